The Balaban J connectivity index is 1.46. The van der Waals surface area contributed by atoms with E-state index in [-0.39, 0.29) is 5.69 Å². The Bertz CT molecular complexity index is 1480. The van der Waals surface area contributed by atoms with Crippen LogP contribution in [-0.2, 0) is 15.8 Å². The minimum absolute atomic E-state index is 0.0310. The minimum Gasteiger partial charge on any atom is -0.493 e. The molecule has 2 aromatic heterocycles. The molecule has 1 saturated carbocycles. The van der Waals surface area contributed by atoms with E-state index in [0.29, 0.717) is 23.8 Å². The van der Waals surface area contributed by atoms with Gasteiger partial charge in [0.05, 0.1) is 19.1 Å². The van der Waals surface area contributed by atoms with Gasteiger partial charge in [0.1, 0.15) is 5.60 Å². The number of methoxy groups -OCH3 is 1. The summed E-state index contributed by atoms with van der Waals surface area (Å²) in [6.45, 7) is 0.354. The highest BCUT2D eigenvalue weighted by atomic mass is 16.5. The van der Waals surface area contributed by atoms with E-state index in [9.17, 15) is 9.90 Å². The van der Waals surface area contributed by atoms with Gasteiger partial charge in [-0.3, -0.25) is 0 Å². The summed E-state index contributed by atoms with van der Waals surface area (Å²) in [6.07, 6.45) is 1.67. The lowest BCUT2D eigenvalue weighted by molar-refractivity contribution is -0.00148. The van der Waals surface area contributed by atoms with Crippen LogP contribution in [0.5, 0.6) is 5.75 Å². The average molecular weight is 506 g/mol. The molecule has 7 nitrogen and oxygen atoms in total. The van der Waals surface area contributed by atoms with E-state index in [0.717, 1.165) is 29.5 Å². The summed E-state index contributed by atoms with van der Waals surface area (Å²) in [6, 6.07) is 33.8. The molecule has 1 fully saturated rings. The highest BCUT2D eigenvalue weighted by molar-refractivity contribution is 5.87. The Kier molecular flexibility index (Phi) is 5.93. The summed E-state index contributed by atoms with van der Waals surface area (Å²) < 4.78 is 13.9. The highest BCUT2D eigenvalue weighted by Crippen LogP contribution is 2.50. The third-order valence-electron chi connectivity index (χ3n) is 7.32. The van der Waals surface area contributed by atoms with Crippen LogP contribution in [0.15, 0.2) is 103 Å². The molecule has 0 saturated heterocycles. The van der Waals surface area contributed by atoms with Gasteiger partial charge in [-0.05, 0) is 41.7 Å². The molecule has 6 rings (SSSR count). The van der Waals surface area contributed by atoms with Crippen LogP contribution in [0, 0.1) is 0 Å². The Morgan fingerprint density at radius 2 is 1.39 bits per heavy atom. The molecule has 1 aliphatic rings. The fourth-order valence-corrected chi connectivity index (χ4v) is 5.08. The number of carboxylic acids is 1. The van der Waals surface area contributed by atoms with E-state index in [1.807, 2.05) is 54.6 Å². The predicted molar refractivity (Wildman–Crippen MR) is 143 cm³/mol. The smallest absolute Gasteiger partial charge is 0.354 e. The second-order valence-corrected chi connectivity index (χ2v) is 9.61. The Hall–Kier alpha value is -4.49. The highest BCUT2D eigenvalue weighted by Gasteiger charge is 2.51. The first kappa shape index (κ1) is 23.9. The molecule has 1 N–H and O–H groups in total. The number of benzene rings is 3. The first-order valence-corrected chi connectivity index (χ1v) is 12.6. The molecule has 38 heavy (non-hydrogen) atoms. The van der Waals surface area contributed by atoms with Crippen molar-refractivity contribution >= 4 is 11.6 Å². The quantitative estimate of drug-likeness (QED) is 0.267. The fourth-order valence-electron chi connectivity index (χ4n) is 5.08. The molecular formula is C31H27N3O4. The van der Waals surface area contributed by atoms with Gasteiger partial charge in [0.2, 0.25) is 0 Å². The summed E-state index contributed by atoms with van der Waals surface area (Å²) in [7, 11) is 1.54. The molecule has 2 heterocycles. The first-order valence-electron chi connectivity index (χ1n) is 12.6. The van der Waals surface area contributed by atoms with Crippen molar-refractivity contribution in [3.63, 3.8) is 0 Å². The van der Waals surface area contributed by atoms with Crippen LogP contribution >= 0.6 is 0 Å². The second kappa shape index (κ2) is 9.43. The second-order valence-electron chi connectivity index (χ2n) is 9.61. The number of nitrogens with zero attached hydrogens (tertiary/aromatic N) is 3. The van der Waals surface area contributed by atoms with Crippen LogP contribution < -0.4 is 4.74 Å². The minimum atomic E-state index is -1.08. The number of carboxylic acid groups (broad SMARTS) is 1. The average Bonchev–Trinajstić information content (AvgIpc) is 3.63. The Morgan fingerprint density at radius 1 is 0.868 bits per heavy atom. The van der Waals surface area contributed by atoms with Crippen molar-refractivity contribution in [1.82, 2.24) is 14.6 Å². The normalized spacial score (nSPS) is 14.3. The van der Waals surface area contributed by atoms with E-state index >= 15 is 0 Å². The van der Waals surface area contributed by atoms with E-state index in [1.165, 1.54) is 17.7 Å². The van der Waals surface area contributed by atoms with Crippen LogP contribution in [0.25, 0.3) is 5.65 Å². The number of rotatable bonds is 9. The van der Waals surface area contributed by atoms with Crippen molar-refractivity contribution < 1.29 is 19.4 Å². The van der Waals surface area contributed by atoms with Gasteiger partial charge in [-0.2, -0.15) is 0 Å². The van der Waals surface area contributed by atoms with E-state index < -0.39 is 17.0 Å². The summed E-state index contributed by atoms with van der Waals surface area (Å²) in [5.74, 6) is -0.0447. The van der Waals surface area contributed by atoms with E-state index in [4.69, 9.17) is 14.5 Å². The SMILES string of the molecule is COc1ccc(C(=O)O)n2nc(C3(COC(c4ccccc4)(c4ccccc4)c4ccccc4)CC3)nc12. The van der Waals surface area contributed by atoms with Crippen molar-refractivity contribution in [2.45, 2.75) is 23.9 Å². The molecule has 0 bridgehead atoms. The lowest BCUT2D eigenvalue weighted by Gasteiger charge is -2.37. The molecule has 3 aromatic carbocycles. The first-order chi connectivity index (χ1) is 18.6. The Labute approximate surface area is 220 Å². The van der Waals surface area contributed by atoms with Gasteiger partial charge in [-0.15, -0.1) is 5.10 Å². The zero-order valence-electron chi connectivity index (χ0n) is 20.9. The van der Waals surface area contributed by atoms with Gasteiger partial charge in [0, 0.05) is 0 Å². The monoisotopic (exact) mass is 505 g/mol. The maximum atomic E-state index is 11.9. The number of ether oxygens (including phenoxy) is 2. The summed E-state index contributed by atoms with van der Waals surface area (Å²) in [5.41, 5.74) is 2.18. The standard InChI is InChI=1S/C31H27N3O4/c1-37-26-18-17-25(28(35)36)34-27(26)32-29(33-34)30(19-20-30)21-38-31(22-11-5-2-6-12-22,23-13-7-3-8-14-23)24-15-9-4-10-16-24/h2-18H,19-21H2,1H3,(H,35,36). The number of fused-ring (bicyclic) bond motifs is 1. The Morgan fingerprint density at radius 3 is 1.84 bits per heavy atom. The van der Waals surface area contributed by atoms with Crippen molar-refractivity contribution in [2.75, 3.05) is 13.7 Å². The van der Waals surface area contributed by atoms with E-state index in [1.54, 1.807) is 6.07 Å². The topological polar surface area (TPSA) is 86.0 Å². The molecule has 0 radical (unpaired) electrons. The van der Waals surface area contributed by atoms with Gasteiger partial charge in [-0.25, -0.2) is 14.3 Å². The zero-order valence-corrected chi connectivity index (χ0v) is 20.9. The maximum Gasteiger partial charge on any atom is 0.354 e. The van der Waals surface area contributed by atoms with E-state index in [2.05, 4.69) is 41.5 Å². The maximum absolute atomic E-state index is 11.9. The molecule has 190 valence electrons. The van der Waals surface area contributed by atoms with Gasteiger partial charge < -0.3 is 14.6 Å². The van der Waals surface area contributed by atoms with Crippen molar-refractivity contribution in [3.05, 3.63) is 131 Å². The van der Waals surface area contributed by atoms with Crippen LogP contribution in [-0.4, -0.2) is 39.4 Å². The molecule has 0 aliphatic heterocycles. The van der Waals surface area contributed by atoms with Crippen LogP contribution in [0.2, 0.25) is 0 Å². The molecule has 0 atom stereocenters. The third-order valence-corrected chi connectivity index (χ3v) is 7.32. The number of aromatic nitrogens is 3. The summed E-state index contributed by atoms with van der Waals surface area (Å²) in [5, 5.41) is 14.4. The molecule has 7 heteroatoms. The third kappa shape index (κ3) is 3.92. The summed E-state index contributed by atoms with van der Waals surface area (Å²) in [4.78, 5) is 16.6. The molecule has 0 spiro atoms. The molecule has 5 aromatic rings. The number of aromatic carboxylic acids is 1. The zero-order chi connectivity index (χ0) is 26.2. The van der Waals surface area contributed by atoms with Gasteiger partial charge >= 0.3 is 5.97 Å². The largest absolute Gasteiger partial charge is 0.493 e. The summed E-state index contributed by atoms with van der Waals surface area (Å²) >= 11 is 0. The number of pyridine rings is 1. The number of carbonyl (C=O) groups is 1. The molecular weight excluding hydrogens is 478 g/mol. The number of hydrogen-bond donors (Lipinski definition) is 1. The van der Waals surface area contributed by atoms with Gasteiger partial charge in [0.15, 0.2) is 22.9 Å². The molecule has 0 amide bonds. The lowest BCUT2D eigenvalue weighted by Crippen LogP contribution is -2.36. The predicted octanol–water partition coefficient (Wildman–Crippen LogP) is 5.48. The fraction of sp³-hybridized carbons (Fsp3) is 0.194. The molecule has 1 aliphatic carbocycles. The molecule has 0 unspecified atom stereocenters. The van der Waals surface area contributed by atoms with Crippen molar-refractivity contribution in [3.8, 4) is 5.75 Å². The van der Waals surface area contributed by atoms with Crippen molar-refractivity contribution in [1.29, 1.82) is 0 Å². The van der Waals surface area contributed by atoms with Crippen molar-refractivity contribution in [2.24, 2.45) is 0 Å². The van der Waals surface area contributed by atoms with Gasteiger partial charge in [-0.1, -0.05) is 91.0 Å². The van der Waals surface area contributed by atoms with Crippen LogP contribution in [0.3, 0.4) is 0 Å². The van der Waals surface area contributed by atoms with Gasteiger partial charge in [0.25, 0.3) is 0 Å². The van der Waals surface area contributed by atoms with Crippen LogP contribution in [0.4, 0.5) is 0 Å². The lowest BCUT2D eigenvalue weighted by atomic mass is 9.80. The number of hydrogen-bond acceptors (Lipinski definition) is 5. The van der Waals surface area contributed by atoms with Crippen LogP contribution in [0.1, 0.15) is 45.8 Å².